The van der Waals surface area contributed by atoms with E-state index in [4.69, 9.17) is 11.5 Å². The van der Waals surface area contributed by atoms with Gasteiger partial charge in [0.05, 0.1) is 12.1 Å². The summed E-state index contributed by atoms with van der Waals surface area (Å²) >= 11 is 0. The fraction of sp³-hybridized carbons (Fsp3) is 0.522. The van der Waals surface area contributed by atoms with Gasteiger partial charge in [-0.15, -0.1) is 0 Å². The summed E-state index contributed by atoms with van der Waals surface area (Å²) in [5, 5.41) is 36.0. The number of phenols is 1. The number of aliphatic hydroxyl groups is 1. The highest BCUT2D eigenvalue weighted by atomic mass is 16.4. The number of amides is 4. The molecule has 200 valence electrons. The topological polar surface area (TPSA) is 234 Å². The average Bonchev–Trinajstić information content (AvgIpc) is 2.79. The molecule has 0 saturated carbocycles. The number of carbonyl (C=O) groups excluding carboxylic acids is 4. The Labute approximate surface area is 208 Å². The quantitative estimate of drug-likeness (QED) is 0.140. The Hall–Kier alpha value is -3.71. The predicted molar refractivity (Wildman–Crippen MR) is 128 cm³/mol. The Morgan fingerprint density at radius 2 is 1.44 bits per heavy atom. The first-order valence-electron chi connectivity index (χ1n) is 11.4. The van der Waals surface area contributed by atoms with Gasteiger partial charge in [0.1, 0.15) is 23.9 Å². The van der Waals surface area contributed by atoms with Crippen molar-refractivity contribution in [2.45, 2.75) is 70.3 Å². The van der Waals surface area contributed by atoms with Crippen LogP contribution in [-0.4, -0.2) is 75.2 Å². The summed E-state index contributed by atoms with van der Waals surface area (Å²) in [4.78, 5) is 61.0. The molecule has 1 rings (SSSR count). The molecule has 0 bridgehead atoms. The molecule has 13 nitrogen and oxygen atoms in total. The van der Waals surface area contributed by atoms with E-state index in [1.54, 1.807) is 13.8 Å². The molecule has 0 radical (unpaired) electrons. The molecule has 0 aliphatic heterocycles. The Morgan fingerprint density at radius 3 is 1.92 bits per heavy atom. The number of aliphatic carboxylic acids is 1. The van der Waals surface area contributed by atoms with Gasteiger partial charge in [-0.3, -0.25) is 19.2 Å². The summed E-state index contributed by atoms with van der Waals surface area (Å²) in [6, 6.07) is 0.470. The minimum absolute atomic E-state index is 0.0149. The van der Waals surface area contributed by atoms with Crippen molar-refractivity contribution in [2.24, 2.45) is 17.4 Å². The van der Waals surface area contributed by atoms with Crippen molar-refractivity contribution in [1.82, 2.24) is 16.0 Å². The van der Waals surface area contributed by atoms with Crippen LogP contribution in [0.25, 0.3) is 0 Å². The van der Waals surface area contributed by atoms with Crippen LogP contribution in [0.4, 0.5) is 0 Å². The fourth-order valence-electron chi connectivity index (χ4n) is 3.11. The standard InChI is InChI=1S/C23H35N5O8/c1-11(2)18(25)21(33)26-15(8-9-17(24)31)20(32)28-19(12(3)29)22(34)27-16(23(35)36)10-13-4-6-14(30)7-5-13/h4-7,11-12,15-16,18-19,29-30H,8-10,25H2,1-3H3,(H2,24,31)(H,26,33)(H,27,34)(H,28,32)(H,35,36). The normalized spacial score (nSPS) is 15.2. The van der Waals surface area contributed by atoms with E-state index in [2.05, 4.69) is 16.0 Å². The number of rotatable bonds is 14. The van der Waals surface area contributed by atoms with Crippen LogP contribution in [0.2, 0.25) is 0 Å². The number of aromatic hydroxyl groups is 1. The number of nitrogens with two attached hydrogens (primary N) is 2. The smallest absolute Gasteiger partial charge is 0.326 e. The number of benzene rings is 1. The SMILES string of the molecule is CC(C)C(N)C(=O)NC(CCC(N)=O)C(=O)NC(C(=O)NC(Cc1ccc(O)cc1)C(=O)O)C(C)O. The molecule has 0 aliphatic rings. The first kappa shape index (κ1) is 30.3. The number of hydrogen-bond acceptors (Lipinski definition) is 8. The van der Waals surface area contributed by atoms with Crippen LogP contribution < -0.4 is 27.4 Å². The van der Waals surface area contributed by atoms with E-state index >= 15 is 0 Å². The molecule has 10 N–H and O–H groups in total. The van der Waals surface area contributed by atoms with Gasteiger partial charge in [-0.1, -0.05) is 26.0 Å². The van der Waals surface area contributed by atoms with E-state index in [0.717, 1.165) is 0 Å². The summed E-state index contributed by atoms with van der Waals surface area (Å²) in [5.41, 5.74) is 11.5. The van der Waals surface area contributed by atoms with E-state index in [0.29, 0.717) is 5.56 Å². The van der Waals surface area contributed by atoms with Gasteiger partial charge in [-0.2, -0.15) is 0 Å². The molecule has 0 fully saturated rings. The number of phenolic OH excluding ortho intramolecular Hbond substituents is 1. The van der Waals surface area contributed by atoms with Crippen LogP contribution in [0.15, 0.2) is 24.3 Å². The van der Waals surface area contributed by atoms with E-state index in [-0.39, 0.29) is 30.9 Å². The molecule has 1 aromatic carbocycles. The van der Waals surface area contributed by atoms with Crippen LogP contribution in [0.1, 0.15) is 39.2 Å². The zero-order valence-corrected chi connectivity index (χ0v) is 20.4. The van der Waals surface area contributed by atoms with E-state index < -0.39 is 59.9 Å². The largest absolute Gasteiger partial charge is 0.508 e. The number of nitrogens with one attached hydrogen (secondary N) is 3. The molecule has 0 aromatic heterocycles. The Morgan fingerprint density at radius 1 is 0.889 bits per heavy atom. The van der Waals surface area contributed by atoms with Crippen LogP contribution in [-0.2, 0) is 30.4 Å². The first-order chi connectivity index (χ1) is 16.7. The second-order valence-electron chi connectivity index (χ2n) is 8.83. The molecule has 4 amide bonds. The lowest BCUT2D eigenvalue weighted by atomic mass is 10.0. The zero-order chi connectivity index (χ0) is 27.6. The summed E-state index contributed by atoms with van der Waals surface area (Å²) in [7, 11) is 0. The van der Waals surface area contributed by atoms with E-state index in [9.17, 15) is 39.3 Å². The number of aliphatic hydroxyl groups excluding tert-OH is 1. The molecule has 0 aliphatic carbocycles. The van der Waals surface area contributed by atoms with Gasteiger partial charge in [0, 0.05) is 12.8 Å². The Balaban J connectivity index is 3.00. The van der Waals surface area contributed by atoms with Crippen molar-refractivity contribution in [3.63, 3.8) is 0 Å². The number of carbonyl (C=O) groups is 5. The second-order valence-corrected chi connectivity index (χ2v) is 8.83. The van der Waals surface area contributed by atoms with Gasteiger partial charge in [0.2, 0.25) is 23.6 Å². The van der Waals surface area contributed by atoms with E-state index in [1.165, 1.54) is 31.2 Å². The molecule has 1 aromatic rings. The average molecular weight is 510 g/mol. The lowest BCUT2D eigenvalue weighted by molar-refractivity contribution is -0.143. The second kappa shape index (κ2) is 14.0. The van der Waals surface area contributed by atoms with Crippen LogP contribution >= 0.6 is 0 Å². The molecule has 0 spiro atoms. The van der Waals surface area contributed by atoms with Crippen molar-refractivity contribution >= 4 is 29.6 Å². The van der Waals surface area contributed by atoms with Gasteiger partial charge in [-0.25, -0.2) is 4.79 Å². The van der Waals surface area contributed by atoms with Gasteiger partial charge in [0.25, 0.3) is 0 Å². The minimum Gasteiger partial charge on any atom is -0.508 e. The molecular weight excluding hydrogens is 474 g/mol. The Bertz CT molecular complexity index is 935. The van der Waals surface area contributed by atoms with Crippen molar-refractivity contribution in [1.29, 1.82) is 0 Å². The van der Waals surface area contributed by atoms with Crippen LogP contribution in [0, 0.1) is 5.92 Å². The van der Waals surface area contributed by atoms with Gasteiger partial charge in [-0.05, 0) is 37.0 Å². The third-order valence-corrected chi connectivity index (χ3v) is 5.39. The molecule has 5 atom stereocenters. The highest BCUT2D eigenvalue weighted by molar-refractivity contribution is 5.94. The molecule has 0 heterocycles. The summed E-state index contributed by atoms with van der Waals surface area (Å²) in [6.45, 7) is 4.62. The van der Waals surface area contributed by atoms with Gasteiger partial charge in [0.15, 0.2) is 0 Å². The number of carboxylic acids is 1. The molecule has 13 heteroatoms. The van der Waals surface area contributed by atoms with Gasteiger partial charge < -0.3 is 42.7 Å². The van der Waals surface area contributed by atoms with Crippen molar-refractivity contribution in [3.8, 4) is 5.75 Å². The summed E-state index contributed by atoms with van der Waals surface area (Å²) in [5.74, 6) is -4.89. The molecular formula is C23H35N5O8. The summed E-state index contributed by atoms with van der Waals surface area (Å²) in [6.07, 6.45) is -2.02. The van der Waals surface area contributed by atoms with Crippen molar-refractivity contribution in [3.05, 3.63) is 29.8 Å². The highest BCUT2D eigenvalue weighted by Gasteiger charge is 2.33. The number of primary amides is 1. The third-order valence-electron chi connectivity index (χ3n) is 5.39. The number of hydrogen-bond donors (Lipinski definition) is 8. The number of carboxylic acid groups (broad SMARTS) is 1. The van der Waals surface area contributed by atoms with Gasteiger partial charge >= 0.3 is 5.97 Å². The minimum atomic E-state index is -1.58. The Kier molecular flexibility index (Phi) is 11.8. The van der Waals surface area contributed by atoms with Crippen LogP contribution in [0.3, 0.4) is 0 Å². The molecule has 5 unspecified atom stereocenters. The monoisotopic (exact) mass is 509 g/mol. The first-order valence-corrected chi connectivity index (χ1v) is 11.4. The third kappa shape index (κ3) is 9.88. The van der Waals surface area contributed by atoms with Crippen LogP contribution in [0.5, 0.6) is 5.75 Å². The predicted octanol–water partition coefficient (Wildman–Crippen LogP) is -1.90. The van der Waals surface area contributed by atoms with Crippen molar-refractivity contribution < 1.29 is 39.3 Å². The van der Waals surface area contributed by atoms with E-state index in [1.807, 2.05) is 0 Å². The maximum atomic E-state index is 12.9. The molecule has 36 heavy (non-hydrogen) atoms. The molecule has 0 saturated heterocycles. The fourth-order valence-corrected chi connectivity index (χ4v) is 3.11. The lowest BCUT2D eigenvalue weighted by Crippen LogP contribution is -2.60. The highest BCUT2D eigenvalue weighted by Crippen LogP contribution is 2.12. The van der Waals surface area contributed by atoms with Crippen molar-refractivity contribution in [2.75, 3.05) is 0 Å². The zero-order valence-electron chi connectivity index (χ0n) is 20.4. The summed E-state index contributed by atoms with van der Waals surface area (Å²) < 4.78 is 0. The maximum Gasteiger partial charge on any atom is 0.326 e. The lowest BCUT2D eigenvalue weighted by Gasteiger charge is -2.27. The maximum absolute atomic E-state index is 12.9.